The number of hydrogen-bond donors (Lipinski definition) is 3. The van der Waals surface area contributed by atoms with Crippen LogP contribution in [-0.4, -0.2) is 36.0 Å². The zero-order valence-electron chi connectivity index (χ0n) is 18.4. The smallest absolute Gasteiger partial charge is 0.227 e. The maximum absolute atomic E-state index is 12.2. The average Bonchev–Trinajstić information content (AvgIpc) is 3.26. The molecule has 0 unspecified atom stereocenters. The van der Waals surface area contributed by atoms with Crippen molar-refractivity contribution in [3.8, 4) is 33.1 Å². The van der Waals surface area contributed by atoms with E-state index in [-0.39, 0.29) is 11.8 Å². The lowest BCUT2D eigenvalue weighted by molar-refractivity contribution is -0.117. The summed E-state index contributed by atoms with van der Waals surface area (Å²) in [6, 6.07) is 14.1. The number of carbonyl (C=O) groups excluding carboxylic acids is 1. The Kier molecular flexibility index (Phi) is 4.49. The van der Waals surface area contributed by atoms with Gasteiger partial charge >= 0.3 is 0 Å². The van der Waals surface area contributed by atoms with Crippen LogP contribution in [-0.2, 0) is 4.79 Å². The quantitative estimate of drug-likeness (QED) is 0.297. The molecular formula is C26H19N7OS. The summed E-state index contributed by atoms with van der Waals surface area (Å²) in [6.45, 7) is 0. The fourth-order valence-electron chi connectivity index (χ4n) is 4.29. The van der Waals surface area contributed by atoms with E-state index in [4.69, 9.17) is 4.98 Å². The largest absolute Gasteiger partial charge is 0.338 e. The summed E-state index contributed by atoms with van der Waals surface area (Å²) >= 11 is 1.70. The van der Waals surface area contributed by atoms with E-state index < -0.39 is 0 Å². The Morgan fingerprint density at radius 1 is 1.11 bits per heavy atom. The molecule has 9 heteroatoms. The lowest BCUT2D eigenvalue weighted by atomic mass is 10.1. The lowest BCUT2D eigenvalue weighted by Gasteiger charge is -2.06. The van der Waals surface area contributed by atoms with Gasteiger partial charge in [0.2, 0.25) is 5.91 Å². The molecule has 0 bridgehead atoms. The van der Waals surface area contributed by atoms with Crippen molar-refractivity contribution in [2.75, 3.05) is 5.32 Å². The van der Waals surface area contributed by atoms with Crippen molar-refractivity contribution in [3.05, 3.63) is 66.4 Å². The minimum absolute atomic E-state index is 0.0545. The van der Waals surface area contributed by atoms with Gasteiger partial charge in [-0.2, -0.15) is 5.10 Å². The number of anilines is 1. The van der Waals surface area contributed by atoms with E-state index >= 15 is 0 Å². The number of rotatable bonds is 5. The van der Waals surface area contributed by atoms with Crippen molar-refractivity contribution in [2.24, 2.45) is 5.92 Å². The van der Waals surface area contributed by atoms with Gasteiger partial charge in [-0.1, -0.05) is 6.07 Å². The van der Waals surface area contributed by atoms with Gasteiger partial charge in [-0.3, -0.25) is 14.9 Å². The van der Waals surface area contributed by atoms with Gasteiger partial charge in [0.05, 0.1) is 28.8 Å². The van der Waals surface area contributed by atoms with Gasteiger partial charge in [-0.05, 0) is 54.6 Å². The average molecular weight is 478 g/mol. The highest BCUT2D eigenvalue weighted by Crippen LogP contribution is 2.35. The number of hydrogen-bond acceptors (Lipinski definition) is 6. The van der Waals surface area contributed by atoms with Gasteiger partial charge in [0.1, 0.15) is 16.9 Å². The van der Waals surface area contributed by atoms with E-state index in [1.807, 2.05) is 36.5 Å². The van der Waals surface area contributed by atoms with Crippen LogP contribution in [0.1, 0.15) is 12.8 Å². The number of nitrogens with zero attached hydrogens (tertiary/aromatic N) is 4. The van der Waals surface area contributed by atoms with Crippen molar-refractivity contribution in [3.63, 3.8) is 0 Å². The Morgan fingerprint density at radius 2 is 2.06 bits per heavy atom. The van der Waals surface area contributed by atoms with Gasteiger partial charge in [0, 0.05) is 39.7 Å². The number of nitrogens with one attached hydrogen (secondary N) is 3. The second kappa shape index (κ2) is 7.85. The summed E-state index contributed by atoms with van der Waals surface area (Å²) < 4.78 is 0. The van der Waals surface area contributed by atoms with Crippen molar-refractivity contribution < 1.29 is 4.79 Å². The van der Waals surface area contributed by atoms with E-state index in [1.165, 1.54) is 4.88 Å². The molecule has 1 aliphatic carbocycles. The molecule has 0 atom stereocenters. The monoisotopic (exact) mass is 477 g/mol. The molecule has 0 aliphatic heterocycles. The molecule has 0 spiro atoms. The summed E-state index contributed by atoms with van der Waals surface area (Å²) in [7, 11) is 0. The SMILES string of the molecule is O=C(Nc1cncc(-c2ccc3[nH]nc(-c4cc5c(-c6cccs6)ccnc5[nH]4)c3n2)c1)C1CC1. The predicted octanol–water partition coefficient (Wildman–Crippen LogP) is 5.64. The number of aromatic amines is 2. The molecule has 0 saturated heterocycles. The zero-order valence-corrected chi connectivity index (χ0v) is 19.3. The van der Waals surface area contributed by atoms with Gasteiger partial charge in [0.15, 0.2) is 0 Å². The minimum Gasteiger partial charge on any atom is -0.338 e. The molecule has 7 rings (SSSR count). The van der Waals surface area contributed by atoms with Gasteiger partial charge in [0.25, 0.3) is 0 Å². The van der Waals surface area contributed by atoms with Crippen LogP contribution >= 0.6 is 11.3 Å². The predicted molar refractivity (Wildman–Crippen MR) is 137 cm³/mol. The minimum atomic E-state index is 0.0545. The third-order valence-electron chi connectivity index (χ3n) is 6.23. The first kappa shape index (κ1) is 20.0. The Hall–Kier alpha value is -4.37. The van der Waals surface area contributed by atoms with E-state index in [0.29, 0.717) is 5.69 Å². The number of carbonyl (C=O) groups is 1. The fourth-order valence-corrected chi connectivity index (χ4v) is 5.05. The number of H-pyrrole nitrogens is 2. The van der Waals surface area contributed by atoms with Crippen molar-refractivity contribution in [2.45, 2.75) is 12.8 Å². The molecule has 3 N–H and O–H groups in total. The molecule has 6 heterocycles. The molecule has 1 aliphatic rings. The summed E-state index contributed by atoms with van der Waals surface area (Å²) in [5.41, 5.74) is 7.35. The maximum atomic E-state index is 12.2. The van der Waals surface area contributed by atoms with Gasteiger partial charge < -0.3 is 10.3 Å². The zero-order chi connectivity index (χ0) is 23.4. The number of aromatic nitrogens is 6. The van der Waals surface area contributed by atoms with E-state index in [1.54, 1.807) is 23.7 Å². The summed E-state index contributed by atoms with van der Waals surface area (Å²) in [6.07, 6.45) is 7.14. The standard InChI is InChI=1S/C26H19N7OS/c34-26(14-3-4-14)29-16-10-15(12-27-13-16)19-5-6-20-23(30-19)24(33-32-20)21-11-18-17(22-2-1-9-35-22)7-8-28-25(18)31-21/h1-2,5-14H,3-4H2,(H,28,31)(H,29,34)(H,32,33). The molecule has 0 aromatic carbocycles. The van der Waals surface area contributed by atoms with E-state index in [2.05, 4.69) is 48.0 Å². The topological polar surface area (TPSA) is 112 Å². The highest BCUT2D eigenvalue weighted by molar-refractivity contribution is 7.13. The van der Waals surface area contributed by atoms with Crippen molar-refractivity contribution in [1.29, 1.82) is 0 Å². The van der Waals surface area contributed by atoms with Crippen LogP contribution in [0, 0.1) is 5.92 Å². The highest BCUT2D eigenvalue weighted by Gasteiger charge is 2.29. The summed E-state index contributed by atoms with van der Waals surface area (Å²) in [5, 5.41) is 13.7. The first-order chi connectivity index (χ1) is 17.2. The summed E-state index contributed by atoms with van der Waals surface area (Å²) in [4.78, 5) is 30.5. The van der Waals surface area contributed by atoms with Crippen LogP contribution in [0.25, 0.3) is 55.2 Å². The molecular weight excluding hydrogens is 458 g/mol. The van der Waals surface area contributed by atoms with Crippen LogP contribution in [0.5, 0.6) is 0 Å². The first-order valence-corrected chi connectivity index (χ1v) is 12.2. The molecule has 170 valence electrons. The molecule has 1 amide bonds. The van der Waals surface area contributed by atoms with Crippen molar-refractivity contribution >= 4 is 45.0 Å². The molecule has 8 nitrogen and oxygen atoms in total. The van der Waals surface area contributed by atoms with Crippen LogP contribution in [0.4, 0.5) is 5.69 Å². The molecule has 0 radical (unpaired) electrons. The number of fused-ring (bicyclic) bond motifs is 2. The van der Waals surface area contributed by atoms with Gasteiger partial charge in [-0.25, -0.2) is 9.97 Å². The lowest BCUT2D eigenvalue weighted by Crippen LogP contribution is -2.13. The Balaban J connectivity index is 1.29. The molecule has 6 aromatic rings. The van der Waals surface area contributed by atoms with E-state index in [9.17, 15) is 4.79 Å². The van der Waals surface area contributed by atoms with Crippen LogP contribution < -0.4 is 5.32 Å². The number of amides is 1. The van der Waals surface area contributed by atoms with Crippen molar-refractivity contribution in [1.82, 2.24) is 30.1 Å². The maximum Gasteiger partial charge on any atom is 0.227 e. The van der Waals surface area contributed by atoms with Crippen LogP contribution in [0.3, 0.4) is 0 Å². The molecule has 1 saturated carbocycles. The second-order valence-electron chi connectivity index (χ2n) is 8.67. The normalized spacial score (nSPS) is 13.5. The van der Waals surface area contributed by atoms with Crippen LogP contribution in [0.15, 0.2) is 66.4 Å². The number of thiophene rings is 1. The van der Waals surface area contributed by atoms with Gasteiger partial charge in [-0.15, -0.1) is 11.3 Å². The Morgan fingerprint density at radius 3 is 2.91 bits per heavy atom. The fraction of sp³-hybridized carbons (Fsp3) is 0.115. The van der Waals surface area contributed by atoms with Crippen LogP contribution in [0.2, 0.25) is 0 Å². The Labute approximate surface area is 203 Å². The first-order valence-electron chi connectivity index (χ1n) is 11.4. The third-order valence-corrected chi connectivity index (χ3v) is 7.13. The Bertz CT molecular complexity index is 1710. The third kappa shape index (κ3) is 3.57. The molecule has 1 fully saturated rings. The van der Waals surface area contributed by atoms with E-state index in [0.717, 1.165) is 63.1 Å². The second-order valence-corrected chi connectivity index (χ2v) is 9.62. The summed E-state index contributed by atoms with van der Waals surface area (Å²) in [5.74, 6) is 0.187. The highest BCUT2D eigenvalue weighted by atomic mass is 32.1. The number of pyridine rings is 3. The molecule has 35 heavy (non-hydrogen) atoms. The molecule has 6 aromatic heterocycles.